The molecule has 5 nitrogen and oxygen atoms in total. The van der Waals surface area contributed by atoms with Crippen molar-refractivity contribution in [2.45, 2.75) is 19.4 Å². The van der Waals surface area contributed by atoms with Gasteiger partial charge in [-0.1, -0.05) is 31.7 Å². The van der Waals surface area contributed by atoms with Crippen LogP contribution in [0.4, 0.5) is 11.8 Å². The molecule has 1 unspecified atom stereocenters. The lowest BCUT2D eigenvalue weighted by Crippen LogP contribution is -2.32. The predicted molar refractivity (Wildman–Crippen MR) is 107 cm³/mol. The Kier molecular flexibility index (Phi) is 5.78. The molecule has 1 aliphatic heterocycles. The lowest BCUT2D eigenvalue weighted by Gasteiger charge is -2.31. The molecule has 0 bridgehead atoms. The van der Waals surface area contributed by atoms with Gasteiger partial charge in [-0.15, -0.1) is 0 Å². The standard InChI is InChI=1S/C18H24ClN4OP/c1-12-9-17(22-18(20)21-12)23-7-4-8-24-11-16(23)14-6-5-13(25(2)3)10-15(14)19/h5-6,9-10,16H,4,7-8,11H2,1-3H3,(H2,20,21,22). The molecule has 1 saturated heterocycles. The van der Waals surface area contributed by atoms with Crippen molar-refractivity contribution in [3.8, 4) is 0 Å². The largest absolute Gasteiger partial charge is 0.379 e. The quantitative estimate of drug-likeness (QED) is 0.830. The number of halogens is 1. The van der Waals surface area contributed by atoms with E-state index in [1.807, 2.05) is 13.0 Å². The second-order valence-corrected chi connectivity index (χ2v) is 9.18. The lowest BCUT2D eigenvalue weighted by molar-refractivity contribution is 0.134. The lowest BCUT2D eigenvalue weighted by atomic mass is 10.1. The molecule has 134 valence electrons. The smallest absolute Gasteiger partial charge is 0.222 e. The molecular formula is C18H24ClN4OP. The zero-order chi connectivity index (χ0) is 18.0. The molecule has 2 N–H and O–H groups in total. The van der Waals surface area contributed by atoms with Gasteiger partial charge in [-0.25, -0.2) is 4.98 Å². The van der Waals surface area contributed by atoms with Gasteiger partial charge in [-0.2, -0.15) is 4.98 Å². The molecule has 0 radical (unpaired) electrons. The van der Waals surface area contributed by atoms with E-state index in [-0.39, 0.29) is 14.0 Å². The molecule has 0 aliphatic carbocycles. The van der Waals surface area contributed by atoms with E-state index < -0.39 is 0 Å². The maximum atomic E-state index is 6.65. The predicted octanol–water partition coefficient (Wildman–Crippen LogP) is 3.36. The van der Waals surface area contributed by atoms with Gasteiger partial charge in [0.05, 0.1) is 12.6 Å². The molecule has 1 atom stereocenters. The molecule has 2 aromatic rings. The second kappa shape index (κ2) is 7.86. The fourth-order valence-electron chi connectivity index (χ4n) is 3.10. The number of benzene rings is 1. The van der Waals surface area contributed by atoms with E-state index in [9.17, 15) is 0 Å². The van der Waals surface area contributed by atoms with Crippen molar-refractivity contribution in [2.75, 3.05) is 43.7 Å². The Labute approximate surface area is 155 Å². The summed E-state index contributed by atoms with van der Waals surface area (Å²) in [5, 5.41) is 2.08. The molecular weight excluding hydrogens is 355 g/mol. The fourth-order valence-corrected chi connectivity index (χ4v) is 4.24. The van der Waals surface area contributed by atoms with Crippen molar-refractivity contribution in [1.29, 1.82) is 0 Å². The van der Waals surface area contributed by atoms with Crippen molar-refractivity contribution in [2.24, 2.45) is 0 Å². The Morgan fingerprint density at radius 1 is 1.28 bits per heavy atom. The average Bonchev–Trinajstić information content (AvgIpc) is 2.79. The van der Waals surface area contributed by atoms with Crippen LogP contribution in [0.2, 0.25) is 5.02 Å². The van der Waals surface area contributed by atoms with Crippen LogP contribution in [0.5, 0.6) is 0 Å². The van der Waals surface area contributed by atoms with Crippen molar-refractivity contribution in [3.63, 3.8) is 0 Å². The number of nitrogens with two attached hydrogens (primary N) is 1. The first-order chi connectivity index (χ1) is 12.0. The third-order valence-electron chi connectivity index (χ3n) is 4.35. The van der Waals surface area contributed by atoms with E-state index in [0.717, 1.165) is 41.7 Å². The third-order valence-corrected chi connectivity index (χ3v) is 5.99. The highest BCUT2D eigenvalue weighted by Crippen LogP contribution is 2.34. The second-order valence-electron chi connectivity index (χ2n) is 6.46. The van der Waals surface area contributed by atoms with Crippen LogP contribution in [0, 0.1) is 6.92 Å². The Morgan fingerprint density at radius 3 is 2.76 bits per heavy atom. The minimum atomic E-state index is -0.177. The van der Waals surface area contributed by atoms with Gasteiger partial charge in [0.15, 0.2) is 0 Å². The van der Waals surface area contributed by atoms with Gasteiger partial charge in [0.2, 0.25) is 5.95 Å². The van der Waals surface area contributed by atoms with Crippen molar-refractivity contribution < 1.29 is 4.74 Å². The highest BCUT2D eigenvalue weighted by Gasteiger charge is 2.27. The number of aromatic nitrogens is 2. The van der Waals surface area contributed by atoms with Crippen LogP contribution in [0.15, 0.2) is 24.3 Å². The summed E-state index contributed by atoms with van der Waals surface area (Å²) in [6.07, 6.45) is 0.935. The van der Waals surface area contributed by atoms with Gasteiger partial charge in [0.25, 0.3) is 0 Å². The van der Waals surface area contributed by atoms with Crippen LogP contribution < -0.4 is 15.9 Å². The van der Waals surface area contributed by atoms with Gasteiger partial charge < -0.3 is 15.4 Å². The van der Waals surface area contributed by atoms with Gasteiger partial charge in [0, 0.05) is 29.9 Å². The van der Waals surface area contributed by atoms with Crippen LogP contribution in [-0.4, -0.2) is 43.1 Å². The average molecular weight is 379 g/mol. The minimum Gasteiger partial charge on any atom is -0.379 e. The van der Waals surface area contributed by atoms with E-state index in [0.29, 0.717) is 12.6 Å². The van der Waals surface area contributed by atoms with E-state index in [2.05, 4.69) is 46.4 Å². The van der Waals surface area contributed by atoms with E-state index in [1.54, 1.807) is 0 Å². The Balaban J connectivity index is 2.01. The van der Waals surface area contributed by atoms with Crippen LogP contribution in [0.1, 0.15) is 23.7 Å². The molecule has 1 aromatic heterocycles. The van der Waals surface area contributed by atoms with Crippen LogP contribution >= 0.6 is 19.5 Å². The van der Waals surface area contributed by atoms with Gasteiger partial charge in [-0.05, 0) is 43.6 Å². The number of nitrogen functional groups attached to an aromatic ring is 1. The van der Waals surface area contributed by atoms with Gasteiger partial charge >= 0.3 is 0 Å². The summed E-state index contributed by atoms with van der Waals surface area (Å²) in [6.45, 7) is 8.54. The van der Waals surface area contributed by atoms with E-state index in [1.165, 1.54) is 5.30 Å². The summed E-state index contributed by atoms with van der Waals surface area (Å²) < 4.78 is 5.84. The first-order valence-corrected chi connectivity index (χ1v) is 11.0. The monoisotopic (exact) mass is 378 g/mol. The summed E-state index contributed by atoms with van der Waals surface area (Å²) >= 11 is 6.65. The summed E-state index contributed by atoms with van der Waals surface area (Å²) in [6, 6.07) is 8.37. The molecule has 1 fully saturated rings. The molecule has 1 aromatic carbocycles. The highest BCUT2D eigenvalue weighted by atomic mass is 35.5. The van der Waals surface area contributed by atoms with Crippen molar-refractivity contribution >= 4 is 36.6 Å². The number of nitrogens with zero attached hydrogens (tertiary/aromatic N) is 3. The van der Waals surface area contributed by atoms with Gasteiger partial charge in [-0.3, -0.25) is 0 Å². The number of hydrogen-bond acceptors (Lipinski definition) is 5. The Hall–Kier alpha value is -1.42. The number of hydrogen-bond donors (Lipinski definition) is 1. The number of ether oxygens (including phenoxy) is 1. The number of aryl methyl sites for hydroxylation is 1. The first-order valence-electron chi connectivity index (χ1n) is 8.38. The molecule has 3 rings (SSSR count). The summed E-state index contributed by atoms with van der Waals surface area (Å²) in [5.74, 6) is 1.12. The summed E-state index contributed by atoms with van der Waals surface area (Å²) in [4.78, 5) is 10.9. The molecule has 25 heavy (non-hydrogen) atoms. The molecule has 7 heteroatoms. The Morgan fingerprint density at radius 2 is 2.08 bits per heavy atom. The summed E-state index contributed by atoms with van der Waals surface area (Å²) in [7, 11) is -0.177. The molecule has 1 aliphatic rings. The first kappa shape index (κ1) is 18.4. The van der Waals surface area contributed by atoms with Crippen LogP contribution in [-0.2, 0) is 4.74 Å². The highest BCUT2D eigenvalue weighted by molar-refractivity contribution is 7.64. The van der Waals surface area contributed by atoms with E-state index in [4.69, 9.17) is 22.1 Å². The van der Waals surface area contributed by atoms with Crippen molar-refractivity contribution in [3.05, 3.63) is 40.5 Å². The molecule has 0 amide bonds. The molecule has 0 spiro atoms. The van der Waals surface area contributed by atoms with E-state index >= 15 is 0 Å². The SMILES string of the molecule is Cc1cc(N2CCCOCC2c2ccc(P(C)C)cc2Cl)nc(N)n1. The topological polar surface area (TPSA) is 64.3 Å². The zero-order valence-electron chi connectivity index (χ0n) is 14.9. The van der Waals surface area contributed by atoms with Crippen molar-refractivity contribution in [1.82, 2.24) is 9.97 Å². The molecule has 0 saturated carbocycles. The number of rotatable bonds is 3. The molecule has 2 heterocycles. The minimum absolute atomic E-state index is 0.0118. The van der Waals surface area contributed by atoms with Crippen LogP contribution in [0.25, 0.3) is 0 Å². The Bertz CT molecular complexity index is 736. The van der Waals surface area contributed by atoms with Crippen LogP contribution in [0.3, 0.4) is 0 Å². The third kappa shape index (κ3) is 4.22. The zero-order valence-corrected chi connectivity index (χ0v) is 16.5. The maximum Gasteiger partial charge on any atom is 0.222 e. The number of anilines is 2. The summed E-state index contributed by atoms with van der Waals surface area (Å²) in [5.41, 5.74) is 7.79. The maximum absolute atomic E-state index is 6.65. The fraction of sp³-hybridized carbons (Fsp3) is 0.444. The van der Waals surface area contributed by atoms with Gasteiger partial charge in [0.1, 0.15) is 5.82 Å². The normalized spacial score (nSPS) is 18.4.